The zero-order chi connectivity index (χ0) is 16.4. The summed E-state index contributed by atoms with van der Waals surface area (Å²) in [5.74, 6) is -1.89. The summed E-state index contributed by atoms with van der Waals surface area (Å²) in [7, 11) is 0. The van der Waals surface area contributed by atoms with Crippen LogP contribution in [0.1, 0.15) is 59.8 Å². The normalized spacial score (nSPS) is 13.6. The van der Waals surface area contributed by atoms with Gasteiger partial charge in [0.1, 0.15) is 12.1 Å². The first-order valence-electron chi connectivity index (χ1n) is 7.59. The van der Waals surface area contributed by atoms with Crippen LogP contribution in [0.4, 0.5) is 0 Å². The SMILES string of the molecule is CCCCCC[C@@H](NC(=O)[C@H](NC(C)=O)C(C)C)C(=O)O. The first kappa shape index (κ1) is 19.4. The van der Waals surface area contributed by atoms with Crippen LogP contribution in [0.15, 0.2) is 0 Å². The minimum atomic E-state index is -1.04. The Labute approximate surface area is 126 Å². The predicted molar refractivity (Wildman–Crippen MR) is 80.8 cm³/mol. The molecule has 0 spiro atoms. The number of nitrogens with one attached hydrogen (secondary N) is 2. The fraction of sp³-hybridized carbons (Fsp3) is 0.800. The maximum Gasteiger partial charge on any atom is 0.326 e. The molecule has 0 aromatic rings. The van der Waals surface area contributed by atoms with Gasteiger partial charge in [-0.25, -0.2) is 4.79 Å². The van der Waals surface area contributed by atoms with Crippen LogP contribution < -0.4 is 10.6 Å². The molecule has 0 aliphatic carbocycles. The summed E-state index contributed by atoms with van der Waals surface area (Å²) < 4.78 is 0. The molecular weight excluding hydrogens is 272 g/mol. The molecule has 6 heteroatoms. The molecule has 0 rings (SSSR count). The van der Waals surface area contributed by atoms with Crippen LogP contribution in [-0.2, 0) is 14.4 Å². The molecular formula is C15H28N2O4. The smallest absolute Gasteiger partial charge is 0.326 e. The standard InChI is InChI=1S/C15H28N2O4/c1-5-6-7-8-9-12(15(20)21)17-14(19)13(10(2)3)16-11(4)18/h10,12-13H,5-9H2,1-4H3,(H,16,18)(H,17,19)(H,20,21)/t12-,13-/m1/s1. The van der Waals surface area contributed by atoms with Crippen molar-refractivity contribution >= 4 is 17.8 Å². The number of carboxylic acids is 1. The fourth-order valence-corrected chi connectivity index (χ4v) is 2.05. The maximum absolute atomic E-state index is 12.1. The Morgan fingerprint density at radius 2 is 1.67 bits per heavy atom. The number of carbonyl (C=O) groups is 3. The van der Waals surface area contributed by atoms with Gasteiger partial charge in [-0.15, -0.1) is 0 Å². The van der Waals surface area contributed by atoms with Gasteiger partial charge >= 0.3 is 5.97 Å². The van der Waals surface area contributed by atoms with Gasteiger partial charge in [-0.05, 0) is 12.3 Å². The van der Waals surface area contributed by atoms with E-state index in [2.05, 4.69) is 17.6 Å². The lowest BCUT2D eigenvalue weighted by Crippen LogP contribution is -2.53. The Morgan fingerprint density at radius 1 is 1.05 bits per heavy atom. The third-order valence-electron chi connectivity index (χ3n) is 3.27. The molecule has 0 unspecified atom stereocenters. The van der Waals surface area contributed by atoms with Gasteiger partial charge in [0.15, 0.2) is 0 Å². The van der Waals surface area contributed by atoms with E-state index >= 15 is 0 Å². The second kappa shape index (κ2) is 10.2. The Morgan fingerprint density at radius 3 is 2.10 bits per heavy atom. The second-order valence-electron chi connectivity index (χ2n) is 5.67. The highest BCUT2D eigenvalue weighted by atomic mass is 16.4. The molecule has 122 valence electrons. The second-order valence-corrected chi connectivity index (χ2v) is 5.67. The third-order valence-corrected chi connectivity index (χ3v) is 3.27. The van der Waals surface area contributed by atoms with Crippen LogP contribution in [0.3, 0.4) is 0 Å². The molecule has 0 aromatic carbocycles. The van der Waals surface area contributed by atoms with Crippen molar-refractivity contribution in [1.82, 2.24) is 10.6 Å². The zero-order valence-electron chi connectivity index (χ0n) is 13.4. The van der Waals surface area contributed by atoms with E-state index in [1.54, 1.807) is 13.8 Å². The molecule has 0 saturated heterocycles. The molecule has 0 fully saturated rings. The van der Waals surface area contributed by atoms with Crippen molar-refractivity contribution in [2.75, 3.05) is 0 Å². The number of unbranched alkanes of at least 4 members (excludes halogenated alkanes) is 3. The van der Waals surface area contributed by atoms with Crippen LogP contribution in [0.25, 0.3) is 0 Å². The van der Waals surface area contributed by atoms with Crippen molar-refractivity contribution in [3.63, 3.8) is 0 Å². The highest BCUT2D eigenvalue weighted by molar-refractivity contribution is 5.90. The predicted octanol–water partition coefficient (Wildman–Crippen LogP) is 1.69. The van der Waals surface area contributed by atoms with Gasteiger partial charge in [0.25, 0.3) is 0 Å². The molecule has 0 aromatic heterocycles. The van der Waals surface area contributed by atoms with Gasteiger partial charge in [-0.1, -0.05) is 46.5 Å². The topological polar surface area (TPSA) is 95.5 Å². The third kappa shape index (κ3) is 8.32. The lowest BCUT2D eigenvalue weighted by Gasteiger charge is -2.23. The Kier molecular flexibility index (Phi) is 9.41. The molecule has 0 bridgehead atoms. The number of hydrogen-bond donors (Lipinski definition) is 3. The number of aliphatic carboxylic acids is 1. The van der Waals surface area contributed by atoms with Crippen molar-refractivity contribution in [3.8, 4) is 0 Å². The van der Waals surface area contributed by atoms with Crippen molar-refractivity contribution in [2.24, 2.45) is 5.92 Å². The van der Waals surface area contributed by atoms with Crippen molar-refractivity contribution in [3.05, 3.63) is 0 Å². The average molecular weight is 300 g/mol. The van der Waals surface area contributed by atoms with E-state index in [9.17, 15) is 19.5 Å². The Balaban J connectivity index is 4.55. The largest absolute Gasteiger partial charge is 0.480 e. The number of hydrogen-bond acceptors (Lipinski definition) is 3. The summed E-state index contributed by atoms with van der Waals surface area (Å²) in [5, 5.41) is 14.3. The molecule has 0 aliphatic heterocycles. The van der Waals surface area contributed by atoms with Gasteiger partial charge in [-0.2, -0.15) is 0 Å². The lowest BCUT2D eigenvalue weighted by atomic mass is 10.0. The molecule has 3 N–H and O–H groups in total. The van der Waals surface area contributed by atoms with E-state index in [1.807, 2.05) is 0 Å². The van der Waals surface area contributed by atoms with E-state index in [4.69, 9.17) is 0 Å². The van der Waals surface area contributed by atoms with Crippen LogP contribution in [0.2, 0.25) is 0 Å². The molecule has 0 aliphatic rings. The van der Waals surface area contributed by atoms with Crippen LogP contribution in [0, 0.1) is 5.92 Å². The summed E-state index contributed by atoms with van der Waals surface area (Å²) in [6, 6.07) is -1.61. The van der Waals surface area contributed by atoms with E-state index in [-0.39, 0.29) is 11.8 Å². The van der Waals surface area contributed by atoms with Crippen LogP contribution >= 0.6 is 0 Å². The molecule has 2 amide bonds. The lowest BCUT2D eigenvalue weighted by molar-refractivity contribution is -0.142. The van der Waals surface area contributed by atoms with E-state index in [0.29, 0.717) is 6.42 Å². The number of carboxylic acid groups (broad SMARTS) is 1. The molecule has 0 saturated carbocycles. The molecule has 2 atom stereocenters. The molecule has 21 heavy (non-hydrogen) atoms. The van der Waals surface area contributed by atoms with Gasteiger partial charge in [0, 0.05) is 6.92 Å². The van der Waals surface area contributed by atoms with Gasteiger partial charge in [0.2, 0.25) is 11.8 Å². The van der Waals surface area contributed by atoms with Crippen molar-refractivity contribution in [2.45, 2.75) is 71.9 Å². The maximum atomic E-state index is 12.1. The summed E-state index contributed by atoms with van der Waals surface area (Å²) in [4.78, 5) is 34.5. The summed E-state index contributed by atoms with van der Waals surface area (Å²) in [6.45, 7) is 7.02. The Hall–Kier alpha value is -1.59. The summed E-state index contributed by atoms with van der Waals surface area (Å²) in [5.41, 5.74) is 0. The van der Waals surface area contributed by atoms with Crippen molar-refractivity contribution < 1.29 is 19.5 Å². The monoisotopic (exact) mass is 300 g/mol. The van der Waals surface area contributed by atoms with E-state index < -0.39 is 24.0 Å². The highest BCUT2D eigenvalue weighted by Gasteiger charge is 2.27. The van der Waals surface area contributed by atoms with Gasteiger partial charge in [0.05, 0.1) is 0 Å². The first-order valence-corrected chi connectivity index (χ1v) is 7.59. The fourth-order valence-electron chi connectivity index (χ4n) is 2.05. The minimum absolute atomic E-state index is 0.108. The van der Waals surface area contributed by atoms with Crippen LogP contribution in [-0.4, -0.2) is 35.0 Å². The van der Waals surface area contributed by atoms with Gasteiger partial charge in [-0.3, -0.25) is 9.59 Å². The van der Waals surface area contributed by atoms with Crippen LogP contribution in [0.5, 0.6) is 0 Å². The number of rotatable bonds is 10. The van der Waals surface area contributed by atoms with Gasteiger partial charge < -0.3 is 15.7 Å². The zero-order valence-corrected chi connectivity index (χ0v) is 13.4. The molecule has 0 heterocycles. The first-order chi connectivity index (χ1) is 9.79. The summed E-state index contributed by atoms with van der Waals surface area (Å²) in [6.07, 6.45) is 4.25. The highest BCUT2D eigenvalue weighted by Crippen LogP contribution is 2.08. The number of amides is 2. The number of carbonyl (C=O) groups excluding carboxylic acids is 2. The average Bonchev–Trinajstić information content (AvgIpc) is 2.38. The van der Waals surface area contributed by atoms with E-state index in [0.717, 1.165) is 25.7 Å². The summed E-state index contributed by atoms with van der Waals surface area (Å²) >= 11 is 0. The molecule has 0 radical (unpaired) electrons. The minimum Gasteiger partial charge on any atom is -0.480 e. The quantitative estimate of drug-likeness (QED) is 0.535. The molecule has 6 nitrogen and oxygen atoms in total. The van der Waals surface area contributed by atoms with Crippen molar-refractivity contribution in [1.29, 1.82) is 0 Å². The van der Waals surface area contributed by atoms with E-state index in [1.165, 1.54) is 6.92 Å². The Bertz CT molecular complexity index is 356.